The standard InChI is InChI=1S/C28H34N4O7/c1-6-17(3)39-21-11-8-19(9-12-21)15-29-32-24(33)16-38-22-13-10-20(14-23(22)36-5)26-25(27(34)37-7-2)18(4)30-28(35)31-26/h8-15,17,26H,6-7,16H2,1-5H3,(H,32,33)(H2,30,31,35)/b29-15-/t17-,26-/m0/s1. The van der Waals surface area contributed by atoms with E-state index in [1.165, 1.54) is 13.3 Å². The summed E-state index contributed by atoms with van der Waals surface area (Å²) in [5, 5.41) is 9.28. The van der Waals surface area contributed by atoms with Crippen molar-refractivity contribution in [1.82, 2.24) is 16.1 Å². The maximum atomic E-state index is 12.6. The Morgan fingerprint density at radius 1 is 1.13 bits per heavy atom. The average Bonchev–Trinajstić information content (AvgIpc) is 2.92. The lowest BCUT2D eigenvalue weighted by molar-refractivity contribution is -0.139. The number of methoxy groups -OCH3 is 1. The number of hydrogen-bond donors (Lipinski definition) is 3. The van der Waals surface area contributed by atoms with E-state index in [-0.39, 0.29) is 24.9 Å². The van der Waals surface area contributed by atoms with Crippen LogP contribution in [0.2, 0.25) is 0 Å². The minimum absolute atomic E-state index is 0.132. The number of urea groups is 1. The van der Waals surface area contributed by atoms with Crippen molar-refractivity contribution in [2.24, 2.45) is 5.10 Å². The predicted molar refractivity (Wildman–Crippen MR) is 145 cm³/mol. The summed E-state index contributed by atoms with van der Waals surface area (Å²) in [5.41, 5.74) is 4.46. The summed E-state index contributed by atoms with van der Waals surface area (Å²) in [6.45, 7) is 7.27. The lowest BCUT2D eigenvalue weighted by Crippen LogP contribution is -2.45. The monoisotopic (exact) mass is 538 g/mol. The van der Waals surface area contributed by atoms with Crippen LogP contribution in [-0.2, 0) is 14.3 Å². The molecule has 3 rings (SSSR count). The Morgan fingerprint density at radius 2 is 1.87 bits per heavy atom. The first-order valence-corrected chi connectivity index (χ1v) is 12.6. The van der Waals surface area contributed by atoms with Crippen molar-refractivity contribution in [2.75, 3.05) is 20.3 Å². The molecule has 1 aliphatic heterocycles. The summed E-state index contributed by atoms with van der Waals surface area (Å²) >= 11 is 0. The molecule has 39 heavy (non-hydrogen) atoms. The Balaban J connectivity index is 1.61. The van der Waals surface area contributed by atoms with E-state index in [0.29, 0.717) is 22.8 Å². The molecule has 2 atom stereocenters. The van der Waals surface area contributed by atoms with Crippen LogP contribution in [0.1, 0.15) is 51.3 Å². The molecule has 3 N–H and O–H groups in total. The summed E-state index contributed by atoms with van der Waals surface area (Å²) in [7, 11) is 1.45. The third-order valence-corrected chi connectivity index (χ3v) is 5.84. The molecule has 0 fully saturated rings. The van der Waals surface area contributed by atoms with Gasteiger partial charge in [-0.1, -0.05) is 13.0 Å². The fourth-order valence-corrected chi connectivity index (χ4v) is 3.71. The second-order valence-electron chi connectivity index (χ2n) is 8.69. The van der Waals surface area contributed by atoms with Crippen molar-refractivity contribution < 1.29 is 33.3 Å². The topological polar surface area (TPSA) is 137 Å². The zero-order chi connectivity index (χ0) is 28.4. The van der Waals surface area contributed by atoms with Gasteiger partial charge in [0.25, 0.3) is 5.91 Å². The van der Waals surface area contributed by atoms with Crippen molar-refractivity contribution in [3.63, 3.8) is 0 Å². The van der Waals surface area contributed by atoms with E-state index in [2.05, 4.69) is 28.1 Å². The smallest absolute Gasteiger partial charge is 0.338 e. The number of nitrogens with one attached hydrogen (secondary N) is 3. The molecule has 1 heterocycles. The highest BCUT2D eigenvalue weighted by Crippen LogP contribution is 2.34. The van der Waals surface area contributed by atoms with Crippen molar-refractivity contribution >= 4 is 24.1 Å². The second-order valence-corrected chi connectivity index (χ2v) is 8.69. The number of hydrazone groups is 1. The van der Waals surface area contributed by atoms with E-state index < -0.39 is 23.9 Å². The molecule has 0 saturated heterocycles. The molecule has 0 spiro atoms. The van der Waals surface area contributed by atoms with Crippen LogP contribution in [0, 0.1) is 0 Å². The Morgan fingerprint density at radius 3 is 2.54 bits per heavy atom. The van der Waals surface area contributed by atoms with Gasteiger partial charge >= 0.3 is 12.0 Å². The summed E-state index contributed by atoms with van der Waals surface area (Å²) in [6, 6.07) is 11.1. The van der Waals surface area contributed by atoms with Gasteiger partial charge in [-0.05, 0) is 74.7 Å². The highest BCUT2D eigenvalue weighted by molar-refractivity contribution is 5.95. The maximum absolute atomic E-state index is 12.6. The van der Waals surface area contributed by atoms with Gasteiger partial charge in [-0.2, -0.15) is 5.10 Å². The van der Waals surface area contributed by atoms with E-state index >= 15 is 0 Å². The van der Waals surface area contributed by atoms with Crippen LogP contribution < -0.4 is 30.3 Å². The van der Waals surface area contributed by atoms with Gasteiger partial charge in [-0.3, -0.25) is 4.79 Å². The third-order valence-electron chi connectivity index (χ3n) is 5.84. The van der Waals surface area contributed by atoms with Crippen molar-refractivity contribution in [1.29, 1.82) is 0 Å². The first-order valence-electron chi connectivity index (χ1n) is 12.6. The van der Waals surface area contributed by atoms with E-state index in [1.807, 2.05) is 31.2 Å². The second kappa shape index (κ2) is 13.8. The molecule has 3 amide bonds. The number of carbonyl (C=O) groups excluding carboxylic acids is 3. The number of hydrogen-bond acceptors (Lipinski definition) is 8. The van der Waals surface area contributed by atoms with Crippen LogP contribution in [0.4, 0.5) is 4.79 Å². The Kier molecular flexibility index (Phi) is 10.3. The number of allylic oxidation sites excluding steroid dienone is 1. The molecule has 11 heteroatoms. The minimum Gasteiger partial charge on any atom is -0.493 e. The zero-order valence-electron chi connectivity index (χ0n) is 22.7. The lowest BCUT2D eigenvalue weighted by Gasteiger charge is -2.28. The van der Waals surface area contributed by atoms with Gasteiger partial charge in [0.2, 0.25) is 0 Å². The molecule has 2 aromatic rings. The molecule has 208 valence electrons. The third kappa shape index (κ3) is 7.97. The van der Waals surface area contributed by atoms with Crippen LogP contribution >= 0.6 is 0 Å². The Bertz CT molecular complexity index is 1240. The molecular weight excluding hydrogens is 504 g/mol. The summed E-state index contributed by atoms with van der Waals surface area (Å²) in [6.07, 6.45) is 2.56. The van der Waals surface area contributed by atoms with Crippen LogP contribution in [0.15, 0.2) is 58.8 Å². The molecule has 0 radical (unpaired) electrons. The average molecular weight is 539 g/mol. The first-order chi connectivity index (χ1) is 18.7. The molecular formula is C28H34N4O7. The van der Waals surface area contributed by atoms with Crippen LogP contribution in [0.25, 0.3) is 0 Å². The number of carbonyl (C=O) groups is 3. The summed E-state index contributed by atoms with van der Waals surface area (Å²) in [5.74, 6) is 0.375. The van der Waals surface area contributed by atoms with Gasteiger partial charge in [0, 0.05) is 5.70 Å². The molecule has 0 saturated carbocycles. The van der Waals surface area contributed by atoms with Gasteiger partial charge < -0.3 is 29.6 Å². The Hall–Kier alpha value is -4.54. The highest BCUT2D eigenvalue weighted by Gasteiger charge is 2.32. The fourth-order valence-electron chi connectivity index (χ4n) is 3.71. The van der Waals surface area contributed by atoms with Gasteiger partial charge in [-0.25, -0.2) is 15.0 Å². The lowest BCUT2D eigenvalue weighted by atomic mass is 9.95. The summed E-state index contributed by atoms with van der Waals surface area (Å²) in [4.78, 5) is 36.9. The summed E-state index contributed by atoms with van der Waals surface area (Å²) < 4.78 is 22.0. The first kappa shape index (κ1) is 29.0. The number of rotatable bonds is 12. The maximum Gasteiger partial charge on any atom is 0.338 e. The number of benzene rings is 2. The Labute approximate surface area is 227 Å². The quantitative estimate of drug-likeness (QED) is 0.213. The predicted octanol–water partition coefficient (Wildman–Crippen LogP) is 3.59. The van der Waals surface area contributed by atoms with Crippen LogP contribution in [-0.4, -0.2) is 50.5 Å². The van der Waals surface area contributed by atoms with Gasteiger partial charge in [0.15, 0.2) is 18.1 Å². The number of ether oxygens (including phenoxy) is 4. The van der Waals surface area contributed by atoms with Gasteiger partial charge in [0.1, 0.15) is 5.75 Å². The van der Waals surface area contributed by atoms with Gasteiger partial charge in [0.05, 0.1) is 37.7 Å². The van der Waals surface area contributed by atoms with E-state index in [0.717, 1.165) is 17.7 Å². The number of esters is 1. The van der Waals surface area contributed by atoms with Crippen LogP contribution in [0.5, 0.6) is 17.2 Å². The molecule has 0 bridgehead atoms. The number of nitrogens with zero attached hydrogens (tertiary/aromatic N) is 1. The van der Waals surface area contributed by atoms with Crippen molar-refractivity contribution in [2.45, 2.75) is 46.3 Å². The molecule has 2 aromatic carbocycles. The van der Waals surface area contributed by atoms with Crippen molar-refractivity contribution in [3.8, 4) is 17.2 Å². The molecule has 1 aliphatic rings. The zero-order valence-corrected chi connectivity index (χ0v) is 22.7. The number of amides is 3. The van der Waals surface area contributed by atoms with Gasteiger partial charge in [-0.15, -0.1) is 0 Å². The van der Waals surface area contributed by atoms with E-state index in [4.69, 9.17) is 18.9 Å². The fraction of sp³-hybridized carbons (Fsp3) is 0.357. The highest BCUT2D eigenvalue weighted by atomic mass is 16.5. The van der Waals surface area contributed by atoms with E-state index in [9.17, 15) is 14.4 Å². The molecule has 0 unspecified atom stereocenters. The SMILES string of the molecule is CCOC(=O)C1=C(C)NC(=O)N[C@H]1c1ccc(OCC(=O)N/N=C\c2ccc(O[C@@H](C)CC)cc2)c(OC)c1. The van der Waals surface area contributed by atoms with Crippen molar-refractivity contribution in [3.05, 3.63) is 64.9 Å². The van der Waals surface area contributed by atoms with Crippen LogP contribution in [0.3, 0.4) is 0 Å². The molecule has 0 aliphatic carbocycles. The largest absolute Gasteiger partial charge is 0.493 e. The van der Waals surface area contributed by atoms with E-state index in [1.54, 1.807) is 32.0 Å². The normalized spacial score (nSPS) is 15.7. The molecule has 11 nitrogen and oxygen atoms in total. The minimum atomic E-state index is -0.756. The molecule has 0 aromatic heterocycles.